The van der Waals surface area contributed by atoms with Gasteiger partial charge in [0.15, 0.2) is 11.4 Å². The van der Waals surface area contributed by atoms with E-state index in [0.29, 0.717) is 36.8 Å². The summed E-state index contributed by atoms with van der Waals surface area (Å²) in [6.07, 6.45) is -1.59. The summed E-state index contributed by atoms with van der Waals surface area (Å²) in [5.41, 5.74) is 0.668. The summed E-state index contributed by atoms with van der Waals surface area (Å²) in [4.78, 5) is 60.9. The van der Waals surface area contributed by atoms with Crippen LogP contribution in [-0.4, -0.2) is 103 Å². The second kappa shape index (κ2) is 14.7. The molecule has 254 valence electrons. The number of anilines is 2. The molecule has 0 radical (unpaired) electrons. The number of nitrogens with zero attached hydrogens (tertiary/aromatic N) is 5. The number of benzene rings is 1. The largest absolute Gasteiger partial charge is 0.465 e. The summed E-state index contributed by atoms with van der Waals surface area (Å²) in [6, 6.07) is 7.46. The van der Waals surface area contributed by atoms with E-state index in [4.69, 9.17) is 4.98 Å². The molecule has 0 aliphatic carbocycles. The Morgan fingerprint density at radius 3 is 2.02 bits per heavy atom. The Hall–Kier alpha value is -3.91. The van der Waals surface area contributed by atoms with Crippen LogP contribution in [0.3, 0.4) is 0 Å². The fourth-order valence-electron chi connectivity index (χ4n) is 5.59. The Morgan fingerprint density at radius 1 is 0.978 bits per heavy atom. The number of hydrogen-bond donors (Lipinski definition) is 4. The van der Waals surface area contributed by atoms with Crippen molar-refractivity contribution in [2.45, 2.75) is 91.6 Å². The van der Waals surface area contributed by atoms with Crippen molar-refractivity contribution in [3.05, 3.63) is 40.4 Å². The highest BCUT2D eigenvalue weighted by Gasteiger charge is 2.43. The van der Waals surface area contributed by atoms with Crippen molar-refractivity contribution in [1.29, 1.82) is 0 Å². The first kappa shape index (κ1) is 36.6. The number of aromatic nitrogens is 1. The topological polar surface area (TPSA) is 159 Å². The van der Waals surface area contributed by atoms with Gasteiger partial charge in [-0.1, -0.05) is 12.1 Å². The first-order valence-electron chi connectivity index (χ1n) is 15.4. The minimum absolute atomic E-state index is 0.0233. The number of thiazole rings is 1. The van der Waals surface area contributed by atoms with Gasteiger partial charge in [0.1, 0.15) is 0 Å². The average molecular weight is 660 g/mol. The molecule has 4 amide bonds. The van der Waals surface area contributed by atoms with Crippen LogP contribution in [0.1, 0.15) is 71.0 Å². The third-order valence-electron chi connectivity index (χ3n) is 7.74. The molecule has 1 aromatic heterocycles. The van der Waals surface area contributed by atoms with Crippen LogP contribution in [0.15, 0.2) is 24.3 Å². The van der Waals surface area contributed by atoms with Crippen LogP contribution in [-0.2, 0) is 29.0 Å². The molecule has 1 aromatic carbocycles. The molecule has 3 rings (SSSR count). The maximum atomic E-state index is 12.5. The second-order valence-electron chi connectivity index (χ2n) is 13.9. The average Bonchev–Trinajstić information content (AvgIpc) is 3.52. The van der Waals surface area contributed by atoms with Crippen molar-refractivity contribution in [2.24, 2.45) is 5.92 Å². The van der Waals surface area contributed by atoms with Crippen LogP contribution in [0, 0.1) is 5.92 Å². The Kier molecular flexibility index (Phi) is 11.7. The SMILES string of the molecule is CC(=O)Nc1nc(CCc2ccc(NC(N(C(=O)O)C(C)(C)C)N(C(=O)O)C(C)(C)C)cc2)c(CN2CC[C@H](C(=O)N(C)C)C2)s1. The summed E-state index contributed by atoms with van der Waals surface area (Å²) < 4.78 is 0. The van der Waals surface area contributed by atoms with Gasteiger partial charge in [-0.05, 0) is 85.0 Å². The number of carbonyl (C=O) groups excluding carboxylic acids is 2. The zero-order chi connectivity index (χ0) is 34.6. The maximum Gasteiger partial charge on any atom is 0.410 e. The molecule has 1 aliphatic heterocycles. The fraction of sp³-hybridized carbons (Fsp3) is 0.594. The number of rotatable bonds is 11. The normalized spacial score (nSPS) is 15.5. The lowest BCUT2D eigenvalue weighted by Gasteiger charge is -2.48. The molecule has 1 atom stereocenters. The quantitative estimate of drug-likeness (QED) is 0.242. The molecule has 0 unspecified atom stereocenters. The van der Waals surface area contributed by atoms with E-state index in [1.807, 2.05) is 24.3 Å². The Bertz CT molecular complexity index is 1370. The summed E-state index contributed by atoms with van der Waals surface area (Å²) in [5, 5.41) is 26.7. The maximum absolute atomic E-state index is 12.5. The molecule has 0 saturated carbocycles. The van der Waals surface area contributed by atoms with Gasteiger partial charge in [-0.25, -0.2) is 14.6 Å². The van der Waals surface area contributed by atoms with E-state index in [2.05, 4.69) is 15.5 Å². The minimum atomic E-state index is -1.25. The smallest absolute Gasteiger partial charge is 0.410 e. The van der Waals surface area contributed by atoms with Crippen LogP contribution in [0.5, 0.6) is 0 Å². The van der Waals surface area contributed by atoms with Gasteiger partial charge in [0.25, 0.3) is 0 Å². The summed E-state index contributed by atoms with van der Waals surface area (Å²) in [6.45, 7) is 13.9. The standard InChI is InChI=1S/C32H49N7O6S/c1-20(40)33-27-35-24(25(46-27)19-37-17-16-22(18-37)26(41)36(8)9)15-12-21-10-13-23(14-11-21)34-28(38(29(42)43)31(2,3)4)39(30(44)45)32(5,6)7/h10-11,13-14,22,28,34H,12,15-19H2,1-9H3,(H,42,43)(H,44,45)(H,33,35,40)/t22-/m0/s1. The van der Waals surface area contributed by atoms with E-state index < -0.39 is 29.6 Å². The van der Waals surface area contributed by atoms with Gasteiger partial charge in [-0.15, -0.1) is 11.3 Å². The van der Waals surface area contributed by atoms with Crippen molar-refractivity contribution < 1.29 is 29.4 Å². The van der Waals surface area contributed by atoms with E-state index in [0.717, 1.165) is 38.9 Å². The van der Waals surface area contributed by atoms with E-state index >= 15 is 0 Å². The van der Waals surface area contributed by atoms with Crippen molar-refractivity contribution in [3.63, 3.8) is 0 Å². The molecular formula is C32H49N7O6S. The first-order valence-corrected chi connectivity index (χ1v) is 16.2. The summed E-state index contributed by atoms with van der Waals surface area (Å²) in [7, 11) is 3.56. The van der Waals surface area contributed by atoms with Crippen molar-refractivity contribution >= 4 is 46.2 Å². The first-order chi connectivity index (χ1) is 21.3. The van der Waals surface area contributed by atoms with E-state index in [1.165, 1.54) is 18.3 Å². The lowest BCUT2D eigenvalue weighted by Crippen LogP contribution is -2.66. The lowest BCUT2D eigenvalue weighted by molar-refractivity contribution is -0.132. The predicted molar refractivity (Wildman–Crippen MR) is 179 cm³/mol. The molecule has 13 nitrogen and oxygen atoms in total. The molecule has 1 aliphatic rings. The van der Waals surface area contributed by atoms with Crippen LogP contribution in [0.2, 0.25) is 0 Å². The molecule has 4 N–H and O–H groups in total. The van der Waals surface area contributed by atoms with Gasteiger partial charge in [0, 0.05) is 55.8 Å². The Morgan fingerprint density at radius 2 is 1.54 bits per heavy atom. The van der Waals surface area contributed by atoms with Crippen molar-refractivity contribution in [2.75, 3.05) is 37.8 Å². The lowest BCUT2D eigenvalue weighted by atomic mass is 10.0. The number of nitrogens with one attached hydrogen (secondary N) is 2. The zero-order valence-corrected chi connectivity index (χ0v) is 29.2. The van der Waals surface area contributed by atoms with Gasteiger partial charge in [-0.2, -0.15) is 0 Å². The fourth-order valence-corrected chi connectivity index (χ4v) is 6.69. The number of amides is 4. The Labute approximate surface area is 275 Å². The van der Waals surface area contributed by atoms with Gasteiger partial charge in [0.2, 0.25) is 11.8 Å². The van der Waals surface area contributed by atoms with Gasteiger partial charge in [0.05, 0.1) is 11.6 Å². The monoisotopic (exact) mass is 659 g/mol. The zero-order valence-electron chi connectivity index (χ0n) is 28.4. The van der Waals surface area contributed by atoms with E-state index in [9.17, 15) is 29.4 Å². The number of carbonyl (C=O) groups is 4. The van der Waals surface area contributed by atoms with E-state index in [1.54, 1.807) is 60.5 Å². The predicted octanol–water partition coefficient (Wildman–Crippen LogP) is 5.05. The van der Waals surface area contributed by atoms with Crippen LogP contribution in [0.4, 0.5) is 20.4 Å². The molecule has 1 fully saturated rings. The van der Waals surface area contributed by atoms with Crippen LogP contribution in [0.25, 0.3) is 0 Å². The van der Waals surface area contributed by atoms with E-state index in [-0.39, 0.29) is 17.7 Å². The van der Waals surface area contributed by atoms with Crippen LogP contribution < -0.4 is 10.6 Å². The van der Waals surface area contributed by atoms with Crippen molar-refractivity contribution in [3.8, 4) is 0 Å². The number of carboxylic acid groups (broad SMARTS) is 2. The second-order valence-corrected chi connectivity index (χ2v) is 15.0. The highest BCUT2D eigenvalue weighted by molar-refractivity contribution is 7.15. The summed E-state index contributed by atoms with van der Waals surface area (Å²) >= 11 is 1.45. The molecule has 46 heavy (non-hydrogen) atoms. The van der Waals surface area contributed by atoms with Gasteiger partial charge >= 0.3 is 12.2 Å². The third kappa shape index (κ3) is 9.55. The molecule has 2 heterocycles. The summed E-state index contributed by atoms with van der Waals surface area (Å²) in [5.74, 6) is -0.0739. The molecule has 14 heteroatoms. The van der Waals surface area contributed by atoms with Crippen molar-refractivity contribution in [1.82, 2.24) is 24.6 Å². The van der Waals surface area contributed by atoms with Gasteiger partial charge in [-0.3, -0.25) is 24.3 Å². The number of hydrogen-bond acceptors (Lipinski definition) is 8. The highest BCUT2D eigenvalue weighted by atomic mass is 32.1. The minimum Gasteiger partial charge on any atom is -0.465 e. The third-order valence-corrected chi connectivity index (χ3v) is 8.74. The van der Waals surface area contributed by atoms with Gasteiger partial charge < -0.3 is 25.7 Å². The Balaban J connectivity index is 1.79. The molecule has 0 spiro atoms. The molecule has 2 aromatic rings. The number of likely N-dealkylation sites (tertiary alicyclic amines) is 1. The number of aryl methyl sites for hydroxylation is 2. The molecule has 1 saturated heterocycles. The molecular weight excluding hydrogens is 610 g/mol. The highest BCUT2D eigenvalue weighted by Crippen LogP contribution is 2.30. The van der Waals surface area contributed by atoms with Crippen LogP contribution >= 0.6 is 11.3 Å². The molecule has 0 bridgehead atoms.